The van der Waals surface area contributed by atoms with Gasteiger partial charge in [0.15, 0.2) is 12.2 Å². The first-order chi connectivity index (χ1) is 16.9. The van der Waals surface area contributed by atoms with Gasteiger partial charge in [0.05, 0.1) is 5.56 Å². The SMILES string of the molecule is CCCCCC(C)(C)c1ccc(-c2nnc(-c3ccc4c(c3)-c3cccc[n+]3C(C)C4C)o2)cc1. The molecule has 4 nitrogen and oxygen atoms in total. The van der Waals surface area contributed by atoms with Gasteiger partial charge in [-0.05, 0) is 60.2 Å². The van der Waals surface area contributed by atoms with Gasteiger partial charge >= 0.3 is 0 Å². The Bertz CT molecular complexity index is 1320. The number of pyridine rings is 1. The van der Waals surface area contributed by atoms with Crippen LogP contribution < -0.4 is 4.57 Å². The van der Waals surface area contributed by atoms with Gasteiger partial charge in [0.1, 0.15) is 0 Å². The van der Waals surface area contributed by atoms with Crippen molar-refractivity contribution >= 4 is 0 Å². The minimum atomic E-state index is 0.166. The maximum Gasteiger partial charge on any atom is 0.248 e. The van der Waals surface area contributed by atoms with Gasteiger partial charge < -0.3 is 4.42 Å². The molecular formula is C31H36N3O+. The third-order valence-corrected chi connectivity index (χ3v) is 7.86. The summed E-state index contributed by atoms with van der Waals surface area (Å²) in [7, 11) is 0. The molecule has 2 unspecified atom stereocenters. The molecule has 3 heterocycles. The Hall–Kier alpha value is -3.27. The second-order valence-corrected chi connectivity index (χ2v) is 10.7. The lowest BCUT2D eigenvalue weighted by molar-refractivity contribution is -0.714. The quantitative estimate of drug-likeness (QED) is 0.205. The lowest BCUT2D eigenvalue weighted by atomic mass is 9.80. The minimum Gasteiger partial charge on any atom is -0.416 e. The number of aromatic nitrogens is 3. The third-order valence-electron chi connectivity index (χ3n) is 7.86. The summed E-state index contributed by atoms with van der Waals surface area (Å²) < 4.78 is 8.52. The van der Waals surface area contributed by atoms with E-state index in [1.165, 1.54) is 48.1 Å². The van der Waals surface area contributed by atoms with Crippen LogP contribution in [0, 0.1) is 0 Å². The van der Waals surface area contributed by atoms with Gasteiger partial charge in [-0.2, -0.15) is 4.57 Å². The molecule has 4 heteroatoms. The highest BCUT2D eigenvalue weighted by Gasteiger charge is 2.34. The monoisotopic (exact) mass is 466 g/mol. The van der Waals surface area contributed by atoms with Crippen LogP contribution in [0.4, 0.5) is 0 Å². The van der Waals surface area contributed by atoms with E-state index in [1.54, 1.807) is 0 Å². The molecule has 0 radical (unpaired) electrons. The zero-order valence-corrected chi connectivity index (χ0v) is 21.6. The van der Waals surface area contributed by atoms with Gasteiger partial charge in [-0.15, -0.1) is 10.2 Å². The number of rotatable bonds is 7. The number of benzene rings is 2. The molecule has 180 valence electrons. The smallest absolute Gasteiger partial charge is 0.248 e. The van der Waals surface area contributed by atoms with Crippen molar-refractivity contribution in [3.05, 3.63) is 78.0 Å². The molecule has 0 N–H and O–H groups in total. The minimum absolute atomic E-state index is 0.166. The molecule has 2 atom stereocenters. The average Bonchev–Trinajstić information content (AvgIpc) is 3.38. The first-order valence-electron chi connectivity index (χ1n) is 13.0. The molecule has 0 bridgehead atoms. The van der Waals surface area contributed by atoms with Crippen molar-refractivity contribution in [1.29, 1.82) is 0 Å². The Balaban J connectivity index is 1.41. The summed E-state index contributed by atoms with van der Waals surface area (Å²) in [4.78, 5) is 0. The second kappa shape index (κ2) is 9.41. The Kier molecular flexibility index (Phi) is 6.31. The van der Waals surface area contributed by atoms with E-state index in [9.17, 15) is 0 Å². The first-order valence-corrected chi connectivity index (χ1v) is 13.0. The van der Waals surface area contributed by atoms with Gasteiger partial charge in [0.2, 0.25) is 17.5 Å². The third kappa shape index (κ3) is 4.42. The van der Waals surface area contributed by atoms with Crippen LogP contribution in [-0.2, 0) is 5.41 Å². The number of nitrogens with zero attached hydrogens (tertiary/aromatic N) is 3. The maximum atomic E-state index is 6.16. The molecule has 5 rings (SSSR count). The van der Waals surface area contributed by atoms with E-state index in [0.29, 0.717) is 23.7 Å². The highest BCUT2D eigenvalue weighted by molar-refractivity contribution is 5.71. The van der Waals surface area contributed by atoms with Crippen LogP contribution in [0.15, 0.2) is 71.3 Å². The van der Waals surface area contributed by atoms with Crippen molar-refractivity contribution < 1.29 is 8.98 Å². The summed E-state index contributed by atoms with van der Waals surface area (Å²) in [5.74, 6) is 1.55. The van der Waals surface area contributed by atoms with E-state index in [-0.39, 0.29) is 5.41 Å². The highest BCUT2D eigenvalue weighted by atomic mass is 16.4. The van der Waals surface area contributed by atoms with Crippen LogP contribution in [0.1, 0.15) is 83.4 Å². The van der Waals surface area contributed by atoms with Crippen molar-refractivity contribution in [2.24, 2.45) is 0 Å². The summed E-state index contributed by atoms with van der Waals surface area (Å²) in [6, 6.07) is 22.0. The Morgan fingerprint density at radius 3 is 2.34 bits per heavy atom. The molecule has 2 aromatic heterocycles. The van der Waals surface area contributed by atoms with Gasteiger partial charge in [0.25, 0.3) is 0 Å². The van der Waals surface area contributed by atoms with E-state index in [2.05, 4.69) is 116 Å². The summed E-state index contributed by atoms with van der Waals surface area (Å²) in [5, 5.41) is 8.78. The number of hydrogen-bond acceptors (Lipinski definition) is 3. The van der Waals surface area contributed by atoms with Crippen LogP contribution in [0.3, 0.4) is 0 Å². The fraction of sp³-hybridized carbons (Fsp3) is 0.387. The Labute approximate surface area is 209 Å². The van der Waals surface area contributed by atoms with Crippen molar-refractivity contribution in [3.63, 3.8) is 0 Å². The maximum absolute atomic E-state index is 6.16. The topological polar surface area (TPSA) is 42.8 Å². The predicted molar refractivity (Wildman–Crippen MR) is 141 cm³/mol. The van der Waals surface area contributed by atoms with Crippen molar-refractivity contribution in [2.75, 3.05) is 0 Å². The van der Waals surface area contributed by atoms with Gasteiger partial charge in [0, 0.05) is 29.2 Å². The zero-order valence-electron chi connectivity index (χ0n) is 21.6. The normalized spacial score (nSPS) is 17.2. The fourth-order valence-electron chi connectivity index (χ4n) is 5.33. The van der Waals surface area contributed by atoms with E-state index in [1.807, 2.05) is 0 Å². The van der Waals surface area contributed by atoms with Crippen LogP contribution in [0.25, 0.3) is 34.2 Å². The molecule has 1 aliphatic rings. The van der Waals surface area contributed by atoms with Gasteiger partial charge in [-0.1, -0.05) is 65.2 Å². The summed E-state index contributed by atoms with van der Waals surface area (Å²) >= 11 is 0. The number of unbranched alkanes of at least 4 members (excludes halogenated alkanes) is 2. The second-order valence-electron chi connectivity index (χ2n) is 10.7. The molecule has 0 saturated carbocycles. The summed E-state index contributed by atoms with van der Waals surface area (Å²) in [6.45, 7) is 11.5. The molecule has 2 aromatic carbocycles. The molecule has 4 aromatic rings. The van der Waals surface area contributed by atoms with Crippen molar-refractivity contribution in [3.8, 4) is 34.2 Å². The number of hydrogen-bond donors (Lipinski definition) is 0. The lowest BCUT2D eigenvalue weighted by Gasteiger charge is -2.26. The largest absolute Gasteiger partial charge is 0.416 e. The highest BCUT2D eigenvalue weighted by Crippen LogP contribution is 2.39. The van der Waals surface area contributed by atoms with E-state index in [4.69, 9.17) is 4.42 Å². The molecule has 35 heavy (non-hydrogen) atoms. The fourth-order valence-corrected chi connectivity index (χ4v) is 5.33. The van der Waals surface area contributed by atoms with Crippen LogP contribution in [-0.4, -0.2) is 10.2 Å². The zero-order chi connectivity index (χ0) is 24.6. The lowest BCUT2D eigenvalue weighted by Crippen LogP contribution is -2.45. The molecule has 0 fully saturated rings. The van der Waals surface area contributed by atoms with E-state index >= 15 is 0 Å². The summed E-state index contributed by atoms with van der Waals surface area (Å²) in [5.41, 5.74) is 7.26. The van der Waals surface area contributed by atoms with Crippen molar-refractivity contribution in [2.45, 2.75) is 77.7 Å². The predicted octanol–water partition coefficient (Wildman–Crippen LogP) is 7.89. The molecule has 0 amide bonds. The van der Waals surface area contributed by atoms with Crippen molar-refractivity contribution in [1.82, 2.24) is 10.2 Å². The van der Waals surface area contributed by atoms with Gasteiger partial charge in [-0.25, -0.2) is 0 Å². The Morgan fingerprint density at radius 2 is 1.60 bits per heavy atom. The van der Waals surface area contributed by atoms with Gasteiger partial charge in [-0.3, -0.25) is 0 Å². The number of fused-ring (bicyclic) bond motifs is 3. The van der Waals surface area contributed by atoms with Crippen LogP contribution in [0.2, 0.25) is 0 Å². The molecule has 0 aliphatic carbocycles. The first kappa shape index (κ1) is 23.5. The molecule has 0 saturated heterocycles. The molecule has 0 spiro atoms. The van der Waals surface area contributed by atoms with E-state index in [0.717, 1.165) is 11.1 Å². The molecule has 1 aliphatic heterocycles. The standard InChI is InChI=1S/C31H36N3O/c1-6-7-9-18-31(4,5)25-15-12-23(13-16-25)29-32-33-30(35-29)24-14-17-26-21(2)22(3)34-19-10-8-11-28(34)27(26)20-24/h8,10-17,19-22H,6-7,9,18H2,1-5H3/q+1. The van der Waals surface area contributed by atoms with Crippen LogP contribution >= 0.6 is 0 Å². The summed E-state index contributed by atoms with van der Waals surface area (Å²) in [6.07, 6.45) is 7.17. The van der Waals surface area contributed by atoms with Crippen LogP contribution in [0.5, 0.6) is 0 Å². The molecular weight excluding hydrogens is 430 g/mol. The Morgan fingerprint density at radius 1 is 0.886 bits per heavy atom. The average molecular weight is 467 g/mol. The van der Waals surface area contributed by atoms with E-state index < -0.39 is 0 Å².